The largest absolute Gasteiger partial charge is 0.426 e. The predicted molar refractivity (Wildman–Crippen MR) is 86.7 cm³/mol. The molecular formula is C17H25FN2O3. The highest BCUT2D eigenvalue weighted by Gasteiger charge is 2.23. The maximum Gasteiger partial charge on any atom is 0.310 e. The Morgan fingerprint density at radius 2 is 1.91 bits per heavy atom. The lowest BCUT2D eigenvalue weighted by Gasteiger charge is -2.13. The van der Waals surface area contributed by atoms with Gasteiger partial charge in [0.1, 0.15) is 5.75 Å². The Bertz CT molecular complexity index is 508. The molecule has 6 heteroatoms. The topological polar surface area (TPSA) is 81.4 Å². The number of para-hydroxylation sites is 1. The third kappa shape index (κ3) is 6.78. The van der Waals surface area contributed by atoms with Crippen molar-refractivity contribution >= 4 is 11.9 Å². The molecule has 0 aromatic heterocycles. The van der Waals surface area contributed by atoms with Crippen LogP contribution >= 0.6 is 0 Å². The molecule has 3 N–H and O–H groups in total. The van der Waals surface area contributed by atoms with Gasteiger partial charge in [-0.25, -0.2) is 4.39 Å². The smallest absolute Gasteiger partial charge is 0.310 e. The van der Waals surface area contributed by atoms with Gasteiger partial charge in [-0.3, -0.25) is 9.59 Å². The molecule has 128 valence electrons. The second-order valence-electron chi connectivity index (χ2n) is 5.22. The first-order valence-electron chi connectivity index (χ1n) is 8.01. The number of hydrogen-bond acceptors (Lipinski definition) is 4. The van der Waals surface area contributed by atoms with Gasteiger partial charge in [-0.15, -0.1) is 0 Å². The minimum atomic E-state index is -1.86. The van der Waals surface area contributed by atoms with Crippen molar-refractivity contribution in [3.05, 3.63) is 29.8 Å². The van der Waals surface area contributed by atoms with Crippen molar-refractivity contribution in [2.45, 2.75) is 45.2 Å². The molecule has 0 radical (unpaired) electrons. The van der Waals surface area contributed by atoms with Gasteiger partial charge in [0.15, 0.2) is 0 Å². The molecule has 0 aliphatic heterocycles. The highest BCUT2D eigenvalue weighted by atomic mass is 19.1. The van der Waals surface area contributed by atoms with Crippen LogP contribution in [-0.2, 0) is 9.59 Å². The molecule has 0 bridgehead atoms. The van der Waals surface area contributed by atoms with Gasteiger partial charge >= 0.3 is 5.97 Å². The zero-order valence-electron chi connectivity index (χ0n) is 13.5. The van der Waals surface area contributed by atoms with Crippen LogP contribution in [0.4, 0.5) is 4.39 Å². The number of hydrogen-bond donors (Lipinski definition) is 2. The Balaban J connectivity index is 2.54. The Kier molecular flexibility index (Phi) is 8.90. The summed E-state index contributed by atoms with van der Waals surface area (Å²) in [5.74, 6) is -1.10. The van der Waals surface area contributed by atoms with Crippen LogP contribution in [0.2, 0.25) is 0 Å². The molecule has 0 heterocycles. The number of alkyl halides is 1. The number of carbonyl (C=O) groups is 2. The number of carbonyl (C=O) groups excluding carboxylic acids is 2. The molecule has 0 spiro atoms. The van der Waals surface area contributed by atoms with Crippen molar-refractivity contribution in [2.24, 2.45) is 5.73 Å². The fraction of sp³-hybridized carbons (Fsp3) is 0.529. The quantitative estimate of drug-likeness (QED) is 0.394. The van der Waals surface area contributed by atoms with Crippen molar-refractivity contribution in [2.75, 3.05) is 13.1 Å². The Morgan fingerprint density at radius 1 is 1.22 bits per heavy atom. The Hall–Kier alpha value is -1.95. The molecule has 0 saturated carbocycles. The summed E-state index contributed by atoms with van der Waals surface area (Å²) in [7, 11) is 0. The number of ether oxygens (including phenoxy) is 1. The zero-order chi connectivity index (χ0) is 17.1. The van der Waals surface area contributed by atoms with Crippen LogP contribution in [0.1, 0.15) is 50.8 Å². The van der Waals surface area contributed by atoms with E-state index in [-0.39, 0.29) is 17.7 Å². The molecule has 0 aliphatic rings. The number of halogens is 1. The molecule has 1 rings (SSSR count). The monoisotopic (exact) mass is 324 g/mol. The van der Waals surface area contributed by atoms with Crippen LogP contribution in [0.15, 0.2) is 24.3 Å². The van der Waals surface area contributed by atoms with Crippen LogP contribution in [0.25, 0.3) is 0 Å². The summed E-state index contributed by atoms with van der Waals surface area (Å²) in [5, 5.41) is 2.57. The Morgan fingerprint density at radius 3 is 2.61 bits per heavy atom. The number of nitrogens with two attached hydrogens (primary N) is 1. The maximum atomic E-state index is 14.4. The molecule has 1 amide bonds. The van der Waals surface area contributed by atoms with Crippen molar-refractivity contribution in [3.8, 4) is 5.75 Å². The summed E-state index contributed by atoms with van der Waals surface area (Å²) < 4.78 is 19.4. The van der Waals surface area contributed by atoms with Crippen LogP contribution in [0, 0.1) is 0 Å². The van der Waals surface area contributed by atoms with Crippen molar-refractivity contribution < 1.29 is 18.7 Å². The fourth-order valence-corrected chi connectivity index (χ4v) is 2.04. The number of unbranched alkanes of at least 4 members (excludes halogenated alkanes) is 3. The van der Waals surface area contributed by atoms with Gasteiger partial charge in [0.25, 0.3) is 5.91 Å². The average molecular weight is 324 g/mol. The molecule has 1 aromatic rings. The van der Waals surface area contributed by atoms with E-state index in [1.807, 2.05) is 0 Å². The molecule has 0 saturated heterocycles. The number of amides is 1. The molecule has 5 nitrogen and oxygen atoms in total. The van der Waals surface area contributed by atoms with E-state index >= 15 is 0 Å². The van der Waals surface area contributed by atoms with E-state index in [0.717, 1.165) is 25.7 Å². The van der Waals surface area contributed by atoms with Crippen molar-refractivity contribution in [3.63, 3.8) is 0 Å². The van der Waals surface area contributed by atoms with Crippen LogP contribution in [0.5, 0.6) is 5.75 Å². The fourth-order valence-electron chi connectivity index (χ4n) is 2.04. The van der Waals surface area contributed by atoms with E-state index in [1.165, 1.54) is 12.1 Å². The van der Waals surface area contributed by atoms with Crippen LogP contribution in [0.3, 0.4) is 0 Å². The summed E-state index contributed by atoms with van der Waals surface area (Å²) in [6.07, 6.45) is 2.00. The normalized spacial score (nSPS) is 11.8. The van der Waals surface area contributed by atoms with Gasteiger partial charge in [-0.05, 0) is 25.5 Å². The number of benzene rings is 1. The van der Waals surface area contributed by atoms with E-state index in [1.54, 1.807) is 19.1 Å². The van der Waals surface area contributed by atoms with Crippen LogP contribution in [-0.4, -0.2) is 25.0 Å². The lowest BCUT2D eigenvalue weighted by molar-refractivity contribution is -0.134. The van der Waals surface area contributed by atoms with E-state index < -0.39 is 18.0 Å². The first-order chi connectivity index (χ1) is 11.1. The van der Waals surface area contributed by atoms with Gasteiger partial charge in [0, 0.05) is 18.5 Å². The van der Waals surface area contributed by atoms with Crippen LogP contribution < -0.4 is 15.8 Å². The standard InChI is InChI=1S/C17H25FN2O3/c1-2-15(21)23-14-10-6-5-9-13(14)16(18)17(22)20-12-8-4-3-7-11-19/h5-6,9-10,16H,2-4,7-8,11-12,19H2,1H3,(H,20,22). The minimum Gasteiger partial charge on any atom is -0.426 e. The number of rotatable bonds is 10. The first kappa shape index (κ1) is 19.1. The summed E-state index contributed by atoms with van der Waals surface area (Å²) in [6, 6.07) is 6.16. The number of esters is 1. The summed E-state index contributed by atoms with van der Waals surface area (Å²) in [6.45, 7) is 2.72. The van der Waals surface area contributed by atoms with E-state index in [2.05, 4.69) is 5.32 Å². The lowest BCUT2D eigenvalue weighted by Crippen LogP contribution is -2.28. The average Bonchev–Trinajstić information content (AvgIpc) is 2.57. The molecule has 1 aromatic carbocycles. The number of nitrogens with one attached hydrogen (secondary N) is 1. The summed E-state index contributed by atoms with van der Waals surface area (Å²) in [4.78, 5) is 23.3. The molecule has 0 fully saturated rings. The van der Waals surface area contributed by atoms with Gasteiger partial charge < -0.3 is 15.8 Å². The molecule has 23 heavy (non-hydrogen) atoms. The van der Waals surface area contributed by atoms with Gasteiger partial charge in [0.05, 0.1) is 0 Å². The third-order valence-corrected chi connectivity index (χ3v) is 3.36. The SMILES string of the molecule is CCC(=O)Oc1ccccc1C(F)C(=O)NCCCCCCN. The molecule has 0 aliphatic carbocycles. The van der Waals surface area contributed by atoms with E-state index in [0.29, 0.717) is 13.1 Å². The predicted octanol–water partition coefficient (Wildman–Crippen LogP) is 2.65. The maximum absolute atomic E-state index is 14.4. The van der Waals surface area contributed by atoms with Gasteiger partial charge in [0.2, 0.25) is 6.17 Å². The van der Waals surface area contributed by atoms with Gasteiger partial charge in [-0.1, -0.05) is 38.0 Å². The first-order valence-corrected chi connectivity index (χ1v) is 8.01. The van der Waals surface area contributed by atoms with Gasteiger partial charge in [-0.2, -0.15) is 0 Å². The lowest BCUT2D eigenvalue weighted by atomic mass is 10.1. The molecular weight excluding hydrogens is 299 g/mol. The highest BCUT2D eigenvalue weighted by molar-refractivity contribution is 5.83. The zero-order valence-corrected chi connectivity index (χ0v) is 13.5. The summed E-state index contributed by atoms with van der Waals surface area (Å²) >= 11 is 0. The third-order valence-electron chi connectivity index (χ3n) is 3.36. The minimum absolute atomic E-state index is 0.0648. The van der Waals surface area contributed by atoms with Crippen molar-refractivity contribution in [1.82, 2.24) is 5.32 Å². The molecule has 1 atom stereocenters. The van der Waals surface area contributed by atoms with E-state index in [9.17, 15) is 14.0 Å². The summed E-state index contributed by atoms with van der Waals surface area (Å²) in [5.41, 5.74) is 5.46. The van der Waals surface area contributed by atoms with Crippen molar-refractivity contribution in [1.29, 1.82) is 0 Å². The Labute approximate surface area is 136 Å². The van der Waals surface area contributed by atoms with E-state index in [4.69, 9.17) is 10.5 Å². The highest BCUT2D eigenvalue weighted by Crippen LogP contribution is 2.28. The molecule has 1 unspecified atom stereocenters. The second-order valence-corrected chi connectivity index (χ2v) is 5.22. The second kappa shape index (κ2) is 10.7.